The number of carbonyl (C=O) groups is 1. The Hall–Kier alpha value is -1.10. The maximum absolute atomic E-state index is 11.9. The van der Waals surface area contributed by atoms with Crippen molar-refractivity contribution in [3.05, 3.63) is 34.9 Å². The third kappa shape index (κ3) is 4.20. The second kappa shape index (κ2) is 6.89. The van der Waals surface area contributed by atoms with E-state index < -0.39 is 6.10 Å². The highest BCUT2D eigenvalue weighted by Crippen LogP contribution is 2.17. The molecule has 1 atom stereocenters. The second-order valence-corrected chi connectivity index (χ2v) is 5.14. The summed E-state index contributed by atoms with van der Waals surface area (Å²) < 4.78 is 5.21. The zero-order chi connectivity index (χ0) is 13.7. The van der Waals surface area contributed by atoms with Crippen LogP contribution >= 0.6 is 11.6 Å². The van der Waals surface area contributed by atoms with Gasteiger partial charge in [-0.15, -0.1) is 0 Å². The quantitative estimate of drug-likeness (QED) is 0.887. The smallest absolute Gasteiger partial charge is 0.223 e. The van der Waals surface area contributed by atoms with Gasteiger partial charge in [0.15, 0.2) is 0 Å². The average molecular weight is 284 g/mol. The highest BCUT2D eigenvalue weighted by molar-refractivity contribution is 6.30. The van der Waals surface area contributed by atoms with Crippen molar-refractivity contribution in [2.75, 3.05) is 19.8 Å². The van der Waals surface area contributed by atoms with Crippen LogP contribution < -0.4 is 5.32 Å². The molecule has 0 spiro atoms. The van der Waals surface area contributed by atoms with E-state index in [0.29, 0.717) is 18.2 Å². The standard InChI is InChI=1S/C14H18ClNO3/c15-12-3-1-10(2-4-12)13(17)9-16-14(18)11-5-7-19-8-6-11/h1-4,11,13,17H,5-9H2,(H,16,18). The molecule has 1 unspecified atom stereocenters. The Morgan fingerprint density at radius 1 is 1.37 bits per heavy atom. The minimum atomic E-state index is -0.707. The van der Waals surface area contributed by atoms with Crippen LogP contribution in [0.2, 0.25) is 5.02 Å². The molecule has 0 radical (unpaired) electrons. The molecule has 4 nitrogen and oxygen atoms in total. The molecule has 1 amide bonds. The number of hydrogen-bond donors (Lipinski definition) is 2. The maximum Gasteiger partial charge on any atom is 0.223 e. The number of aliphatic hydroxyl groups excluding tert-OH is 1. The average Bonchev–Trinajstić information content (AvgIpc) is 2.46. The van der Waals surface area contributed by atoms with Crippen molar-refractivity contribution in [2.45, 2.75) is 18.9 Å². The van der Waals surface area contributed by atoms with Gasteiger partial charge < -0.3 is 15.2 Å². The fourth-order valence-electron chi connectivity index (χ4n) is 2.10. The molecule has 1 fully saturated rings. The summed E-state index contributed by atoms with van der Waals surface area (Å²) in [6.07, 6.45) is 0.798. The van der Waals surface area contributed by atoms with Crippen molar-refractivity contribution < 1.29 is 14.6 Å². The molecule has 1 aliphatic rings. The Morgan fingerprint density at radius 2 is 2.00 bits per heavy atom. The van der Waals surface area contributed by atoms with Crippen LogP contribution in [-0.2, 0) is 9.53 Å². The Labute approximate surface area is 117 Å². The normalized spacial score (nSPS) is 18.0. The van der Waals surface area contributed by atoms with Gasteiger partial charge in [-0.05, 0) is 30.5 Å². The van der Waals surface area contributed by atoms with Crippen molar-refractivity contribution in [1.82, 2.24) is 5.32 Å². The highest BCUT2D eigenvalue weighted by atomic mass is 35.5. The van der Waals surface area contributed by atoms with E-state index in [9.17, 15) is 9.90 Å². The Kier molecular flexibility index (Phi) is 5.19. The van der Waals surface area contributed by atoms with E-state index in [2.05, 4.69) is 5.32 Å². The van der Waals surface area contributed by atoms with Crippen molar-refractivity contribution >= 4 is 17.5 Å². The van der Waals surface area contributed by atoms with Gasteiger partial charge in [0.2, 0.25) is 5.91 Å². The van der Waals surface area contributed by atoms with Crippen molar-refractivity contribution in [1.29, 1.82) is 0 Å². The summed E-state index contributed by atoms with van der Waals surface area (Å²) >= 11 is 5.78. The first kappa shape index (κ1) is 14.3. The largest absolute Gasteiger partial charge is 0.387 e. The van der Waals surface area contributed by atoms with Crippen LogP contribution in [0.1, 0.15) is 24.5 Å². The summed E-state index contributed by atoms with van der Waals surface area (Å²) in [7, 11) is 0. The van der Waals surface area contributed by atoms with Crippen LogP contribution in [0.25, 0.3) is 0 Å². The zero-order valence-electron chi connectivity index (χ0n) is 10.6. The lowest BCUT2D eigenvalue weighted by atomic mass is 9.99. The molecule has 1 aromatic carbocycles. The maximum atomic E-state index is 11.9. The lowest BCUT2D eigenvalue weighted by Crippen LogP contribution is -2.36. The molecule has 0 aliphatic carbocycles. The Morgan fingerprint density at radius 3 is 2.63 bits per heavy atom. The van der Waals surface area contributed by atoms with Gasteiger partial charge in [0.1, 0.15) is 0 Å². The number of rotatable bonds is 4. The summed E-state index contributed by atoms with van der Waals surface area (Å²) in [6, 6.07) is 6.96. The molecular weight excluding hydrogens is 266 g/mol. The highest BCUT2D eigenvalue weighted by Gasteiger charge is 2.21. The number of ether oxygens (including phenoxy) is 1. The number of halogens is 1. The van der Waals surface area contributed by atoms with E-state index in [4.69, 9.17) is 16.3 Å². The van der Waals surface area contributed by atoms with E-state index in [1.54, 1.807) is 24.3 Å². The number of carbonyl (C=O) groups excluding carboxylic acids is 1. The van der Waals surface area contributed by atoms with Crippen LogP contribution in [0, 0.1) is 5.92 Å². The molecule has 0 saturated carbocycles. The Balaban J connectivity index is 1.80. The van der Waals surface area contributed by atoms with Crippen molar-refractivity contribution in [3.8, 4) is 0 Å². The second-order valence-electron chi connectivity index (χ2n) is 4.70. The van der Waals surface area contributed by atoms with E-state index in [1.807, 2.05) is 0 Å². The Bertz CT molecular complexity index is 415. The topological polar surface area (TPSA) is 58.6 Å². The molecule has 1 aliphatic heterocycles. The fraction of sp³-hybridized carbons (Fsp3) is 0.500. The molecule has 0 bridgehead atoms. The van der Waals surface area contributed by atoms with E-state index in [-0.39, 0.29) is 18.4 Å². The fourth-order valence-corrected chi connectivity index (χ4v) is 2.23. The number of benzene rings is 1. The van der Waals surface area contributed by atoms with Crippen LogP contribution in [0.5, 0.6) is 0 Å². The number of aliphatic hydroxyl groups is 1. The van der Waals surface area contributed by atoms with Crippen LogP contribution in [0.3, 0.4) is 0 Å². The molecule has 2 rings (SSSR count). The van der Waals surface area contributed by atoms with Crippen molar-refractivity contribution in [2.24, 2.45) is 5.92 Å². The minimum Gasteiger partial charge on any atom is -0.387 e. The molecule has 0 aromatic heterocycles. The first-order chi connectivity index (χ1) is 9.16. The molecule has 104 valence electrons. The summed E-state index contributed by atoms with van der Waals surface area (Å²) in [5.41, 5.74) is 0.747. The minimum absolute atomic E-state index is 0.00341. The van der Waals surface area contributed by atoms with Crippen LogP contribution in [0.15, 0.2) is 24.3 Å². The van der Waals surface area contributed by atoms with Gasteiger partial charge in [0.25, 0.3) is 0 Å². The molecule has 1 heterocycles. The lowest BCUT2D eigenvalue weighted by Gasteiger charge is -2.22. The van der Waals surface area contributed by atoms with Gasteiger partial charge in [-0.2, -0.15) is 0 Å². The summed E-state index contributed by atoms with van der Waals surface area (Å²) in [4.78, 5) is 11.9. The first-order valence-corrected chi connectivity index (χ1v) is 6.83. The number of nitrogens with one attached hydrogen (secondary N) is 1. The first-order valence-electron chi connectivity index (χ1n) is 6.46. The number of hydrogen-bond acceptors (Lipinski definition) is 3. The summed E-state index contributed by atoms with van der Waals surface area (Å²) in [5, 5.41) is 13.4. The molecular formula is C14H18ClNO3. The zero-order valence-corrected chi connectivity index (χ0v) is 11.4. The van der Waals surface area contributed by atoms with Gasteiger partial charge in [-0.1, -0.05) is 23.7 Å². The predicted octanol–water partition coefficient (Wildman–Crippen LogP) is 1.92. The van der Waals surface area contributed by atoms with Gasteiger partial charge in [0.05, 0.1) is 6.10 Å². The molecule has 19 heavy (non-hydrogen) atoms. The van der Waals surface area contributed by atoms with Gasteiger partial charge in [-0.3, -0.25) is 4.79 Å². The third-order valence-corrected chi connectivity index (χ3v) is 3.57. The van der Waals surface area contributed by atoms with Gasteiger partial charge >= 0.3 is 0 Å². The SMILES string of the molecule is O=C(NCC(O)c1ccc(Cl)cc1)C1CCOCC1. The van der Waals surface area contributed by atoms with E-state index in [1.165, 1.54) is 0 Å². The van der Waals surface area contributed by atoms with Crippen molar-refractivity contribution in [3.63, 3.8) is 0 Å². The summed E-state index contributed by atoms with van der Waals surface area (Å²) in [5.74, 6) is 0.00230. The van der Waals surface area contributed by atoms with Crippen LogP contribution in [0.4, 0.5) is 0 Å². The van der Waals surface area contributed by atoms with Gasteiger partial charge in [0, 0.05) is 30.7 Å². The molecule has 2 N–H and O–H groups in total. The monoisotopic (exact) mass is 283 g/mol. The molecule has 1 saturated heterocycles. The van der Waals surface area contributed by atoms with E-state index >= 15 is 0 Å². The molecule has 5 heteroatoms. The van der Waals surface area contributed by atoms with Crippen LogP contribution in [-0.4, -0.2) is 30.8 Å². The number of amides is 1. The predicted molar refractivity (Wildman–Crippen MR) is 73.0 cm³/mol. The van der Waals surface area contributed by atoms with Gasteiger partial charge in [-0.25, -0.2) is 0 Å². The lowest BCUT2D eigenvalue weighted by molar-refractivity contribution is -0.128. The van der Waals surface area contributed by atoms with E-state index in [0.717, 1.165) is 18.4 Å². The third-order valence-electron chi connectivity index (χ3n) is 3.32. The molecule has 1 aromatic rings. The summed E-state index contributed by atoms with van der Waals surface area (Å²) in [6.45, 7) is 1.49.